The van der Waals surface area contributed by atoms with Crippen molar-refractivity contribution >= 4 is 6.16 Å². The second kappa shape index (κ2) is 2.68. The zero-order valence-electron chi connectivity index (χ0n) is 5.05. The van der Waals surface area contributed by atoms with Crippen molar-refractivity contribution in [2.45, 2.75) is 19.8 Å². The summed E-state index contributed by atoms with van der Waals surface area (Å²) in [6.45, 7) is 1.95. The Balaban J connectivity index is 2.22. The molecule has 1 radical (unpaired) electrons. The van der Waals surface area contributed by atoms with Crippen LogP contribution in [0.3, 0.4) is 0 Å². The van der Waals surface area contributed by atoms with Crippen LogP contribution >= 0.6 is 0 Å². The number of hydrogen-bond acceptors (Lipinski definition) is 4. The van der Waals surface area contributed by atoms with E-state index in [1.807, 2.05) is 6.92 Å². The van der Waals surface area contributed by atoms with Crippen molar-refractivity contribution in [2.75, 3.05) is 0 Å². The zero-order chi connectivity index (χ0) is 6.69. The first-order chi connectivity index (χ1) is 4.33. The average molecular weight is 131 g/mol. The maximum Gasteiger partial charge on any atom is 0.543 e. The Morgan fingerprint density at radius 3 is 2.67 bits per heavy atom. The van der Waals surface area contributed by atoms with E-state index in [9.17, 15) is 4.79 Å². The van der Waals surface area contributed by atoms with Crippen molar-refractivity contribution in [2.24, 2.45) is 0 Å². The highest BCUT2D eigenvalue weighted by atomic mass is 17.3. The fraction of sp³-hybridized carbons (Fsp3) is 0.600. The zero-order valence-corrected chi connectivity index (χ0v) is 5.05. The molecule has 0 unspecified atom stereocenters. The molecule has 1 aliphatic rings. The molecular formula is C5H7O4. The summed E-state index contributed by atoms with van der Waals surface area (Å²) in [4.78, 5) is 18.5. The molecule has 4 nitrogen and oxygen atoms in total. The molecule has 0 spiro atoms. The minimum Gasteiger partial charge on any atom is -0.388 e. The van der Waals surface area contributed by atoms with Crippen LogP contribution < -0.4 is 0 Å². The summed E-state index contributed by atoms with van der Waals surface area (Å²) >= 11 is 0. The molecule has 0 aromatic rings. The topological polar surface area (TPSA) is 44.8 Å². The Kier molecular flexibility index (Phi) is 1.89. The van der Waals surface area contributed by atoms with Gasteiger partial charge in [0.2, 0.25) is 0 Å². The van der Waals surface area contributed by atoms with Crippen LogP contribution in [-0.4, -0.2) is 6.16 Å². The molecule has 51 valence electrons. The molecule has 1 heterocycles. The number of carbonyl (C=O) groups is 1. The first kappa shape index (κ1) is 6.35. The Labute approximate surface area is 52.6 Å². The summed E-state index contributed by atoms with van der Waals surface area (Å²) in [6.07, 6.45) is 0.943. The highest BCUT2D eigenvalue weighted by molar-refractivity contribution is 5.61. The fourth-order valence-corrected chi connectivity index (χ4v) is 0.504. The quantitative estimate of drug-likeness (QED) is 0.419. The van der Waals surface area contributed by atoms with Crippen molar-refractivity contribution in [3.8, 4) is 0 Å². The predicted molar refractivity (Wildman–Crippen MR) is 26.8 cm³/mol. The third-order valence-electron chi connectivity index (χ3n) is 0.854. The highest BCUT2D eigenvalue weighted by Crippen LogP contribution is 2.19. The van der Waals surface area contributed by atoms with E-state index in [2.05, 4.69) is 14.5 Å². The average Bonchev–Trinajstić information content (AvgIpc) is 2.17. The molecule has 1 rings (SSSR count). The van der Waals surface area contributed by atoms with Crippen LogP contribution in [0, 0.1) is 6.29 Å². The minimum atomic E-state index is -0.779. The number of carbonyl (C=O) groups excluding carboxylic acids is 1. The molecule has 0 N–H and O–H groups in total. The van der Waals surface area contributed by atoms with Gasteiger partial charge in [-0.25, -0.2) is 4.79 Å². The van der Waals surface area contributed by atoms with Crippen LogP contribution in [-0.2, 0) is 14.5 Å². The lowest BCUT2D eigenvalue weighted by Crippen LogP contribution is -1.95. The number of rotatable bonds is 2. The molecule has 4 heteroatoms. The summed E-state index contributed by atoms with van der Waals surface area (Å²) in [5.74, 6) is 0. The molecule has 0 aromatic heterocycles. The SMILES string of the molecule is CCC[C]1OOC(=O)O1. The van der Waals surface area contributed by atoms with E-state index in [1.165, 1.54) is 0 Å². The van der Waals surface area contributed by atoms with Crippen molar-refractivity contribution in [1.82, 2.24) is 0 Å². The second-order valence-electron chi connectivity index (χ2n) is 1.64. The van der Waals surface area contributed by atoms with Gasteiger partial charge in [0, 0.05) is 6.42 Å². The van der Waals surface area contributed by atoms with Gasteiger partial charge in [0.15, 0.2) is 0 Å². The highest BCUT2D eigenvalue weighted by Gasteiger charge is 2.28. The van der Waals surface area contributed by atoms with Gasteiger partial charge in [0.1, 0.15) is 0 Å². The monoisotopic (exact) mass is 131 g/mol. The molecular weight excluding hydrogens is 124 g/mol. The van der Waals surface area contributed by atoms with Crippen molar-refractivity contribution in [3.63, 3.8) is 0 Å². The predicted octanol–water partition coefficient (Wildman–Crippen LogP) is 1.37. The smallest absolute Gasteiger partial charge is 0.388 e. The van der Waals surface area contributed by atoms with E-state index in [1.54, 1.807) is 0 Å². The molecule has 0 bridgehead atoms. The number of hydrogen-bond donors (Lipinski definition) is 0. The summed E-state index contributed by atoms with van der Waals surface area (Å²) < 4.78 is 4.44. The molecule has 9 heavy (non-hydrogen) atoms. The lowest BCUT2D eigenvalue weighted by molar-refractivity contribution is -0.207. The molecule has 1 fully saturated rings. The van der Waals surface area contributed by atoms with Crippen LogP contribution in [0.25, 0.3) is 0 Å². The van der Waals surface area contributed by atoms with Gasteiger partial charge in [-0.3, -0.25) is 4.89 Å². The molecule has 1 saturated heterocycles. The van der Waals surface area contributed by atoms with Gasteiger partial charge in [-0.05, 0) is 6.42 Å². The summed E-state index contributed by atoms with van der Waals surface area (Å²) in [7, 11) is 0. The minimum absolute atomic E-state index is 0.252. The Morgan fingerprint density at radius 1 is 1.44 bits per heavy atom. The van der Waals surface area contributed by atoms with Gasteiger partial charge in [-0.15, -0.1) is 4.89 Å². The largest absolute Gasteiger partial charge is 0.543 e. The van der Waals surface area contributed by atoms with Gasteiger partial charge in [0.25, 0.3) is 0 Å². The van der Waals surface area contributed by atoms with E-state index in [4.69, 9.17) is 0 Å². The van der Waals surface area contributed by atoms with Crippen molar-refractivity contribution in [1.29, 1.82) is 0 Å². The molecule has 0 aliphatic carbocycles. The molecule has 0 aromatic carbocycles. The van der Waals surface area contributed by atoms with Gasteiger partial charge in [-0.2, -0.15) is 0 Å². The molecule has 0 amide bonds. The maximum absolute atomic E-state index is 10.1. The first-order valence-electron chi connectivity index (χ1n) is 2.75. The first-order valence-corrected chi connectivity index (χ1v) is 2.75. The van der Waals surface area contributed by atoms with E-state index in [-0.39, 0.29) is 6.29 Å². The third kappa shape index (κ3) is 1.57. The lowest BCUT2D eigenvalue weighted by atomic mass is 10.3. The normalized spacial score (nSPS) is 19.4. The van der Waals surface area contributed by atoms with E-state index in [0.29, 0.717) is 6.42 Å². The van der Waals surface area contributed by atoms with Crippen molar-refractivity contribution < 1.29 is 19.3 Å². The lowest BCUT2D eigenvalue weighted by Gasteiger charge is -1.95. The van der Waals surface area contributed by atoms with Gasteiger partial charge >= 0.3 is 12.4 Å². The standard InChI is InChI=1S/C5H7O4/c1-2-3-4-7-5(6)9-8-4/h2-3H2,1H3. The van der Waals surface area contributed by atoms with Crippen LogP contribution in [0.1, 0.15) is 19.8 Å². The van der Waals surface area contributed by atoms with Crippen LogP contribution in [0.4, 0.5) is 4.79 Å². The number of cyclic esters (lactones) is 1. The second-order valence-corrected chi connectivity index (χ2v) is 1.64. The number of ether oxygens (including phenoxy) is 1. The Morgan fingerprint density at radius 2 is 2.22 bits per heavy atom. The van der Waals surface area contributed by atoms with E-state index >= 15 is 0 Å². The van der Waals surface area contributed by atoms with E-state index in [0.717, 1.165) is 6.42 Å². The van der Waals surface area contributed by atoms with Crippen LogP contribution in [0.15, 0.2) is 0 Å². The van der Waals surface area contributed by atoms with Crippen molar-refractivity contribution in [3.05, 3.63) is 6.29 Å². The van der Waals surface area contributed by atoms with Gasteiger partial charge < -0.3 is 4.74 Å². The van der Waals surface area contributed by atoms with Gasteiger partial charge in [0.05, 0.1) is 0 Å². The summed E-state index contributed by atoms with van der Waals surface area (Å²) in [6, 6.07) is 0. The summed E-state index contributed by atoms with van der Waals surface area (Å²) in [5, 5.41) is 0. The third-order valence-corrected chi connectivity index (χ3v) is 0.854. The maximum atomic E-state index is 10.1. The fourth-order valence-electron chi connectivity index (χ4n) is 0.504. The molecule has 0 saturated carbocycles. The Hall–Kier alpha value is -0.770. The Bertz CT molecular complexity index is 112. The molecule has 0 atom stereocenters. The molecule has 1 aliphatic heterocycles. The summed E-state index contributed by atoms with van der Waals surface area (Å²) in [5.41, 5.74) is 0. The van der Waals surface area contributed by atoms with Crippen LogP contribution in [0.2, 0.25) is 0 Å². The van der Waals surface area contributed by atoms with E-state index < -0.39 is 6.16 Å². The van der Waals surface area contributed by atoms with Crippen LogP contribution in [0.5, 0.6) is 0 Å². The van der Waals surface area contributed by atoms with Gasteiger partial charge in [-0.1, -0.05) is 6.92 Å².